The Morgan fingerprint density at radius 2 is 2.10 bits per heavy atom. The van der Waals surface area contributed by atoms with E-state index in [1.54, 1.807) is 14.0 Å². The second-order valence-electron chi connectivity index (χ2n) is 5.21. The fourth-order valence-corrected chi connectivity index (χ4v) is 2.53. The molecule has 0 aromatic heterocycles. The summed E-state index contributed by atoms with van der Waals surface area (Å²) in [5.41, 5.74) is 1.02. The average molecular weight is 313 g/mol. The molecule has 0 radical (unpaired) electrons. The van der Waals surface area contributed by atoms with Gasteiger partial charge in [-0.3, -0.25) is 0 Å². The molecular weight excluding hydrogens is 290 g/mol. The number of nitrogens with one attached hydrogen (secondary N) is 1. The molecule has 1 aliphatic rings. The zero-order valence-electron chi connectivity index (χ0n) is 12.6. The Balaban J connectivity index is 1.99. The second kappa shape index (κ2) is 7.13. The lowest BCUT2D eigenvalue weighted by atomic mass is 10.2. The molecule has 0 amide bonds. The van der Waals surface area contributed by atoms with Crippen molar-refractivity contribution < 1.29 is 17.9 Å². The SMILES string of the molecule is CCS(=O)(=O)CCOc1cc(OC)ccc1CNC1CC1. The van der Waals surface area contributed by atoms with E-state index in [0.717, 1.165) is 12.1 Å². The maximum absolute atomic E-state index is 11.5. The number of sulfone groups is 1. The highest BCUT2D eigenvalue weighted by Gasteiger charge is 2.20. The number of hydrogen-bond donors (Lipinski definition) is 1. The zero-order chi connectivity index (χ0) is 15.3. The van der Waals surface area contributed by atoms with Gasteiger partial charge in [-0.25, -0.2) is 8.42 Å². The normalized spacial score (nSPS) is 15.0. The lowest BCUT2D eigenvalue weighted by Gasteiger charge is -2.13. The van der Waals surface area contributed by atoms with Crippen LogP contribution in [0.2, 0.25) is 0 Å². The highest BCUT2D eigenvalue weighted by molar-refractivity contribution is 7.91. The number of rotatable bonds is 9. The lowest BCUT2D eigenvalue weighted by molar-refractivity contribution is 0.332. The number of methoxy groups -OCH3 is 1. The molecule has 0 atom stereocenters. The van der Waals surface area contributed by atoms with E-state index >= 15 is 0 Å². The molecule has 6 heteroatoms. The van der Waals surface area contributed by atoms with Gasteiger partial charge in [-0.1, -0.05) is 13.0 Å². The third-order valence-corrected chi connectivity index (χ3v) is 5.19. The van der Waals surface area contributed by atoms with Crippen LogP contribution in [0.3, 0.4) is 0 Å². The van der Waals surface area contributed by atoms with Gasteiger partial charge >= 0.3 is 0 Å². The van der Waals surface area contributed by atoms with Crippen molar-refractivity contribution in [1.29, 1.82) is 0 Å². The molecule has 1 aromatic rings. The molecule has 1 saturated carbocycles. The van der Waals surface area contributed by atoms with Crippen molar-refractivity contribution >= 4 is 9.84 Å². The van der Waals surface area contributed by atoms with Gasteiger partial charge in [0.1, 0.15) is 18.1 Å². The van der Waals surface area contributed by atoms with Crippen LogP contribution in [0.5, 0.6) is 11.5 Å². The van der Waals surface area contributed by atoms with E-state index in [4.69, 9.17) is 9.47 Å². The molecule has 0 bridgehead atoms. The minimum absolute atomic E-state index is 0.0379. The smallest absolute Gasteiger partial charge is 0.153 e. The molecular formula is C15H23NO4S. The van der Waals surface area contributed by atoms with Gasteiger partial charge in [0, 0.05) is 30.0 Å². The van der Waals surface area contributed by atoms with Gasteiger partial charge < -0.3 is 14.8 Å². The van der Waals surface area contributed by atoms with Crippen LogP contribution >= 0.6 is 0 Å². The molecule has 0 saturated heterocycles. The average Bonchev–Trinajstić information content (AvgIpc) is 3.30. The first-order valence-electron chi connectivity index (χ1n) is 7.27. The van der Waals surface area contributed by atoms with Crippen LogP contribution in [0.15, 0.2) is 18.2 Å². The molecule has 21 heavy (non-hydrogen) atoms. The maximum atomic E-state index is 11.5. The van der Waals surface area contributed by atoms with Crippen LogP contribution in [0.1, 0.15) is 25.3 Å². The fraction of sp³-hybridized carbons (Fsp3) is 0.600. The summed E-state index contributed by atoms with van der Waals surface area (Å²) in [6.45, 7) is 2.54. The Morgan fingerprint density at radius 1 is 1.33 bits per heavy atom. The van der Waals surface area contributed by atoms with Crippen molar-refractivity contribution in [2.24, 2.45) is 0 Å². The molecule has 5 nitrogen and oxygen atoms in total. The summed E-state index contributed by atoms with van der Waals surface area (Å²) in [4.78, 5) is 0. The van der Waals surface area contributed by atoms with Crippen LogP contribution in [0, 0.1) is 0 Å². The monoisotopic (exact) mass is 313 g/mol. The van der Waals surface area contributed by atoms with Gasteiger partial charge in [0.25, 0.3) is 0 Å². The van der Waals surface area contributed by atoms with E-state index in [0.29, 0.717) is 17.5 Å². The summed E-state index contributed by atoms with van der Waals surface area (Å²) in [5, 5.41) is 3.43. The van der Waals surface area contributed by atoms with Crippen molar-refractivity contribution in [3.8, 4) is 11.5 Å². The summed E-state index contributed by atoms with van der Waals surface area (Å²) >= 11 is 0. The van der Waals surface area contributed by atoms with Crippen molar-refractivity contribution in [2.75, 3.05) is 25.2 Å². The minimum Gasteiger partial charge on any atom is -0.497 e. The summed E-state index contributed by atoms with van der Waals surface area (Å²) in [7, 11) is -1.41. The number of benzene rings is 1. The Labute approximate surface area is 126 Å². The molecule has 1 N–H and O–H groups in total. The third kappa shape index (κ3) is 5.21. The van der Waals surface area contributed by atoms with Crippen molar-refractivity contribution in [2.45, 2.75) is 32.4 Å². The Kier molecular flexibility index (Phi) is 5.47. The molecule has 0 aliphatic heterocycles. The Hall–Kier alpha value is -1.27. The Morgan fingerprint density at radius 3 is 2.71 bits per heavy atom. The highest BCUT2D eigenvalue weighted by Crippen LogP contribution is 2.26. The molecule has 1 aromatic carbocycles. The largest absolute Gasteiger partial charge is 0.497 e. The first-order valence-corrected chi connectivity index (χ1v) is 9.09. The van der Waals surface area contributed by atoms with Crippen molar-refractivity contribution in [3.05, 3.63) is 23.8 Å². The standard InChI is InChI=1S/C15H23NO4S/c1-3-21(17,18)9-8-20-15-10-14(19-2)7-4-12(15)11-16-13-5-6-13/h4,7,10,13,16H,3,5-6,8-9,11H2,1-2H3. The number of hydrogen-bond acceptors (Lipinski definition) is 5. The van der Waals surface area contributed by atoms with Crippen LogP contribution in [0.4, 0.5) is 0 Å². The topological polar surface area (TPSA) is 64.6 Å². The van der Waals surface area contributed by atoms with E-state index in [1.807, 2.05) is 18.2 Å². The zero-order valence-corrected chi connectivity index (χ0v) is 13.4. The predicted octanol–water partition coefficient (Wildman–Crippen LogP) is 1.76. The summed E-state index contributed by atoms with van der Waals surface area (Å²) in [6.07, 6.45) is 2.45. The van der Waals surface area contributed by atoms with Crippen LogP contribution in [-0.2, 0) is 16.4 Å². The highest BCUT2D eigenvalue weighted by atomic mass is 32.2. The quantitative estimate of drug-likeness (QED) is 0.752. The van der Waals surface area contributed by atoms with Gasteiger partial charge in [-0.15, -0.1) is 0 Å². The summed E-state index contributed by atoms with van der Waals surface area (Å²) in [6, 6.07) is 6.26. The van der Waals surface area contributed by atoms with Crippen molar-refractivity contribution in [3.63, 3.8) is 0 Å². The van der Waals surface area contributed by atoms with Crippen LogP contribution < -0.4 is 14.8 Å². The minimum atomic E-state index is -3.01. The molecule has 0 unspecified atom stereocenters. The van der Waals surface area contributed by atoms with Gasteiger partial charge in [0.05, 0.1) is 12.9 Å². The van der Waals surface area contributed by atoms with Gasteiger partial charge in [0.15, 0.2) is 9.84 Å². The molecule has 118 valence electrons. The molecule has 2 rings (SSSR count). The Bertz CT molecular complexity index is 567. The van der Waals surface area contributed by atoms with Gasteiger partial charge in [-0.05, 0) is 18.9 Å². The van der Waals surface area contributed by atoms with E-state index in [-0.39, 0.29) is 18.1 Å². The molecule has 0 spiro atoms. The first-order chi connectivity index (χ1) is 10.0. The summed E-state index contributed by atoms with van der Waals surface area (Å²) in [5.74, 6) is 1.58. The van der Waals surface area contributed by atoms with Crippen molar-refractivity contribution in [1.82, 2.24) is 5.32 Å². The number of ether oxygens (including phenoxy) is 2. The first kappa shape index (κ1) is 16.1. The molecule has 0 heterocycles. The lowest BCUT2D eigenvalue weighted by Crippen LogP contribution is -2.18. The van der Waals surface area contributed by atoms with Crippen LogP contribution in [-0.4, -0.2) is 39.7 Å². The summed E-state index contributed by atoms with van der Waals surface area (Å²) < 4.78 is 33.9. The van der Waals surface area contributed by atoms with E-state index in [1.165, 1.54) is 12.8 Å². The molecule has 1 fully saturated rings. The van der Waals surface area contributed by atoms with E-state index in [9.17, 15) is 8.42 Å². The maximum Gasteiger partial charge on any atom is 0.153 e. The predicted molar refractivity (Wildman–Crippen MR) is 82.7 cm³/mol. The molecule has 1 aliphatic carbocycles. The van der Waals surface area contributed by atoms with E-state index in [2.05, 4.69) is 5.32 Å². The van der Waals surface area contributed by atoms with Gasteiger partial charge in [0.2, 0.25) is 0 Å². The van der Waals surface area contributed by atoms with Gasteiger partial charge in [-0.2, -0.15) is 0 Å². The second-order valence-corrected chi connectivity index (χ2v) is 7.69. The van der Waals surface area contributed by atoms with Crippen LogP contribution in [0.25, 0.3) is 0 Å². The third-order valence-electron chi connectivity index (χ3n) is 3.52. The van der Waals surface area contributed by atoms with E-state index < -0.39 is 9.84 Å². The fourth-order valence-electron chi connectivity index (χ4n) is 1.91.